The third-order valence-electron chi connectivity index (χ3n) is 21.0. The van der Waals surface area contributed by atoms with Crippen molar-refractivity contribution in [3.8, 4) is 34.8 Å². The van der Waals surface area contributed by atoms with E-state index in [4.69, 9.17) is 66.0 Å². The Morgan fingerprint density at radius 2 is 1.17 bits per heavy atom. The van der Waals surface area contributed by atoms with Crippen molar-refractivity contribution >= 4 is 69.0 Å². The molecule has 30 nitrogen and oxygen atoms in total. The van der Waals surface area contributed by atoms with Gasteiger partial charge < -0.3 is 77.0 Å². The average Bonchev–Trinajstić information content (AvgIpc) is 1.28. The minimum atomic E-state index is -2.42. The highest BCUT2D eigenvalue weighted by Gasteiger charge is 2.47. The van der Waals surface area contributed by atoms with Crippen molar-refractivity contribution < 1.29 is 70.5 Å². The molecule has 119 heavy (non-hydrogen) atoms. The number of rotatable bonds is 41. The SMILES string of the molecule is COc1ccc(C(OC[C@H]2O[C@@H](n3cnc4c(N[C@@H](O)c5ccc(CNC(=O)CCC(C)C)cc5)ncnc43)CC2OP(OCCC#N)OC[C@H]2O[C@@H](n3cnc4c(NC(=O)CCCN(C)C(=O)OCC5c6ccccc6-c6ccccc65)ncnc43)CC2OP(OCCC#N)N(C(C)C)C(C)C)(c2ccccc2)c2ccc(OC)cc2)cc1. The summed E-state index contributed by atoms with van der Waals surface area (Å²) < 4.78 is 78.9. The van der Waals surface area contributed by atoms with Crippen molar-refractivity contribution in [1.29, 1.82) is 10.5 Å². The minimum absolute atomic E-state index is 0.0159. The maximum atomic E-state index is 13.8. The van der Waals surface area contributed by atoms with Crippen LogP contribution in [0.1, 0.15) is 156 Å². The van der Waals surface area contributed by atoms with Crippen LogP contribution in [0, 0.1) is 28.6 Å². The molecule has 6 aromatic carbocycles. The number of nitrogens with one attached hydrogen (secondary N) is 3. The first-order valence-electron chi connectivity index (χ1n) is 40.0. The summed E-state index contributed by atoms with van der Waals surface area (Å²) in [6.45, 7) is 12.8. The quantitative estimate of drug-likeness (QED) is 0.0120. The molecule has 3 amide bonds. The Kier molecular flexibility index (Phi) is 29.7. The monoisotopic (exact) mass is 1660 g/mol. The van der Waals surface area contributed by atoms with Crippen LogP contribution in [0.5, 0.6) is 11.5 Å². The van der Waals surface area contributed by atoms with Crippen molar-refractivity contribution in [2.24, 2.45) is 5.92 Å². The molecule has 624 valence electrons. The summed E-state index contributed by atoms with van der Waals surface area (Å²) in [5.41, 5.74) is 8.26. The lowest BCUT2D eigenvalue weighted by Crippen LogP contribution is -2.38. The number of aromatic nitrogens is 8. The van der Waals surface area contributed by atoms with Crippen LogP contribution in [0.15, 0.2) is 177 Å². The lowest BCUT2D eigenvalue weighted by atomic mass is 9.80. The summed E-state index contributed by atoms with van der Waals surface area (Å²) in [5, 5.41) is 40.5. The highest BCUT2D eigenvalue weighted by Crippen LogP contribution is 2.53. The van der Waals surface area contributed by atoms with Gasteiger partial charge in [-0.25, -0.2) is 39.4 Å². The molecule has 9 atom stereocenters. The van der Waals surface area contributed by atoms with Gasteiger partial charge in [-0.15, -0.1) is 0 Å². The Hall–Kier alpha value is -10.5. The molecule has 0 radical (unpaired) electrons. The standard InChI is InChI=1S/C87H101N15O15P2/c1-56(2)27-40-75(103)90-48-59-28-30-60(31-29-59)85(105)98-82-80-84(94-53-92-82)101(55-96-80)78-47-72(73(114-78)50-110-87(61-20-11-10-12-21-61,62-32-36-64(107-8)37-33-62)63-34-38-65(108-9)39-35-63)117-119(112-45-19-42-89)113-51-74-71(116-118(111-44-18-41-88)102(57(3)4)58(5)6)46-77(115-74)100-54-95-79-81(91-52-93-83(79)100)97-76(104)26-17-43-99(7)86(106)109-49-70-68-24-15-13-22-66(68)67-23-14-16-25-69(67)70/h10-16,20-25,28-39,52-58,70-74,77-78,85,105H,17-19,26-27,40,43-51H2,1-9H3,(H,90,103)(H,92,94,98)(H,91,93,97,104)/t71?,72?,73-,74-,77-,78-,85+,118?,119?/m1/s1. The number of nitriles is 2. The molecule has 2 saturated heterocycles. The molecule has 2 fully saturated rings. The van der Waals surface area contributed by atoms with Crippen LogP contribution in [0.3, 0.4) is 0 Å². The van der Waals surface area contributed by atoms with Crippen molar-refractivity contribution in [1.82, 2.24) is 53.9 Å². The van der Waals surface area contributed by atoms with Crippen LogP contribution in [0.25, 0.3) is 33.5 Å². The summed E-state index contributed by atoms with van der Waals surface area (Å²) in [5.74, 6) is 1.62. The van der Waals surface area contributed by atoms with E-state index in [-0.39, 0.29) is 113 Å². The molecule has 13 rings (SSSR count). The number of carbonyl (C=O) groups is 3. The summed E-state index contributed by atoms with van der Waals surface area (Å²) in [7, 11) is 0.593. The first kappa shape index (κ1) is 86.3. The maximum Gasteiger partial charge on any atom is 0.409 e. The predicted molar refractivity (Wildman–Crippen MR) is 446 cm³/mol. The zero-order valence-electron chi connectivity index (χ0n) is 68.1. The molecule has 2 aliphatic heterocycles. The van der Waals surface area contributed by atoms with E-state index in [0.29, 0.717) is 64.7 Å². The van der Waals surface area contributed by atoms with Gasteiger partial charge in [0.2, 0.25) is 11.8 Å². The lowest BCUT2D eigenvalue weighted by Gasteiger charge is -2.37. The summed E-state index contributed by atoms with van der Waals surface area (Å²) in [6.07, 6.45) is 1.11. The van der Waals surface area contributed by atoms with E-state index in [1.807, 2.05) is 143 Å². The molecule has 4 aromatic heterocycles. The van der Waals surface area contributed by atoms with Crippen molar-refractivity contribution in [2.45, 2.75) is 166 Å². The molecular weight excluding hydrogens is 1560 g/mol. The number of aliphatic hydroxyl groups excluding tert-OH is 1. The van der Waals surface area contributed by atoms with Gasteiger partial charge in [0.25, 0.3) is 8.53 Å². The van der Waals surface area contributed by atoms with Gasteiger partial charge in [-0.2, -0.15) is 10.5 Å². The Balaban J connectivity index is 0.762. The molecule has 0 spiro atoms. The highest BCUT2D eigenvalue weighted by molar-refractivity contribution is 7.44. The van der Waals surface area contributed by atoms with E-state index in [0.717, 1.165) is 50.9 Å². The van der Waals surface area contributed by atoms with Crippen LogP contribution in [0.4, 0.5) is 16.4 Å². The topological polar surface area (TPSA) is 350 Å². The van der Waals surface area contributed by atoms with Gasteiger partial charge in [0.1, 0.15) is 61.0 Å². The highest BCUT2D eigenvalue weighted by atomic mass is 31.2. The van der Waals surface area contributed by atoms with Gasteiger partial charge in [-0.1, -0.05) is 141 Å². The maximum absolute atomic E-state index is 13.8. The number of aliphatic hydroxyl groups is 1. The first-order chi connectivity index (χ1) is 57.8. The molecule has 0 saturated carbocycles. The van der Waals surface area contributed by atoms with Gasteiger partial charge >= 0.3 is 14.7 Å². The minimum Gasteiger partial charge on any atom is -0.497 e. The number of hydrogen-bond donors (Lipinski definition) is 4. The van der Waals surface area contributed by atoms with Crippen molar-refractivity contribution in [3.05, 3.63) is 216 Å². The Labute approximate surface area is 694 Å². The third-order valence-corrected chi connectivity index (χ3v) is 24.4. The number of carbonyl (C=O) groups excluding carboxylic acids is 3. The summed E-state index contributed by atoms with van der Waals surface area (Å²) in [6, 6.07) is 53.1. The zero-order chi connectivity index (χ0) is 83.5. The number of nitrogens with zero attached hydrogens (tertiary/aromatic N) is 12. The summed E-state index contributed by atoms with van der Waals surface area (Å²) >= 11 is 0. The van der Waals surface area contributed by atoms with Gasteiger partial charge in [0, 0.05) is 69.4 Å². The number of benzene rings is 6. The fourth-order valence-corrected chi connectivity index (χ4v) is 17.9. The van der Waals surface area contributed by atoms with Crippen LogP contribution in [-0.4, -0.2) is 169 Å². The molecule has 1 aliphatic carbocycles. The molecule has 0 bridgehead atoms. The Bertz CT molecular complexity index is 5010. The van der Waals surface area contributed by atoms with E-state index in [1.165, 1.54) is 17.6 Å². The molecule has 4 N–H and O–H groups in total. The molecule has 3 aliphatic rings. The number of ether oxygens (including phenoxy) is 6. The second-order valence-corrected chi connectivity index (χ2v) is 32.7. The molecule has 32 heteroatoms. The molecule has 10 aromatic rings. The van der Waals surface area contributed by atoms with Crippen molar-refractivity contribution in [2.75, 3.05) is 71.5 Å². The van der Waals surface area contributed by atoms with Gasteiger partial charge in [-0.05, 0) is 115 Å². The van der Waals surface area contributed by atoms with E-state index in [1.54, 1.807) is 55.2 Å². The predicted octanol–water partition coefficient (Wildman–Crippen LogP) is 15.2. The lowest BCUT2D eigenvalue weighted by molar-refractivity contribution is -0.121. The second-order valence-electron chi connectivity index (χ2n) is 30.1. The fourth-order valence-electron chi connectivity index (χ4n) is 15.0. The van der Waals surface area contributed by atoms with E-state index in [2.05, 4.69) is 85.8 Å². The largest absolute Gasteiger partial charge is 0.497 e. The number of anilines is 2. The van der Waals surface area contributed by atoms with E-state index >= 15 is 0 Å². The van der Waals surface area contributed by atoms with Gasteiger partial charge in [0.15, 0.2) is 40.2 Å². The van der Waals surface area contributed by atoms with E-state index < -0.39 is 71.9 Å². The van der Waals surface area contributed by atoms with Gasteiger partial charge in [-0.3, -0.25) is 18.7 Å². The normalized spacial score (nSPS) is 17.9. The zero-order valence-corrected chi connectivity index (χ0v) is 69.9. The van der Waals surface area contributed by atoms with Crippen LogP contribution in [0.2, 0.25) is 0 Å². The molecule has 4 unspecified atom stereocenters. The van der Waals surface area contributed by atoms with E-state index in [9.17, 15) is 30.0 Å². The number of hydrogen-bond acceptors (Lipinski definition) is 25. The Morgan fingerprint density at radius 3 is 1.75 bits per heavy atom. The number of fused-ring (bicyclic) bond motifs is 5. The van der Waals surface area contributed by atoms with Crippen LogP contribution < -0.4 is 25.4 Å². The smallest absolute Gasteiger partial charge is 0.409 e. The summed E-state index contributed by atoms with van der Waals surface area (Å²) in [4.78, 5) is 69.1. The number of imidazole rings is 2. The Morgan fingerprint density at radius 1 is 0.622 bits per heavy atom. The average molecular weight is 1660 g/mol. The van der Waals surface area contributed by atoms with Crippen LogP contribution >= 0.6 is 17.1 Å². The van der Waals surface area contributed by atoms with Crippen LogP contribution in [-0.2, 0) is 63.3 Å². The number of amides is 3. The van der Waals surface area contributed by atoms with Crippen molar-refractivity contribution in [3.63, 3.8) is 0 Å². The van der Waals surface area contributed by atoms with Gasteiger partial charge in [0.05, 0.1) is 90.5 Å². The molecular formula is C87H101N15O15P2. The number of methoxy groups -OCH3 is 2. The third kappa shape index (κ3) is 20.8. The second kappa shape index (κ2) is 41.0. The molecule has 6 heterocycles. The fraction of sp³-hybridized carbons (Fsp3) is 0.414. The first-order valence-corrected chi connectivity index (χ1v) is 42.2.